The third-order valence-electron chi connectivity index (χ3n) is 1.47. The van der Waals surface area contributed by atoms with E-state index in [0.717, 1.165) is 17.4 Å². The third kappa shape index (κ3) is 7.72. The van der Waals surface area contributed by atoms with Gasteiger partial charge in [-0.05, 0) is 18.1 Å². The number of hydrogen-bond acceptors (Lipinski definition) is 3. The smallest absolute Gasteiger partial charge is 0.139 e. The van der Waals surface area contributed by atoms with Crippen molar-refractivity contribution < 1.29 is 5.21 Å². The molecule has 0 saturated heterocycles. The van der Waals surface area contributed by atoms with E-state index in [1.165, 1.54) is 6.42 Å². The van der Waals surface area contributed by atoms with Crippen LogP contribution < -0.4 is 5.73 Å². The molecule has 0 fully saturated rings. The Labute approximate surface area is 78.4 Å². The second kappa shape index (κ2) is 7.28. The molecular weight excluding hydrogens is 172 g/mol. The van der Waals surface area contributed by atoms with Gasteiger partial charge in [-0.25, -0.2) is 0 Å². The zero-order chi connectivity index (χ0) is 9.40. The van der Waals surface area contributed by atoms with Crippen LogP contribution in [0.3, 0.4) is 0 Å². The highest BCUT2D eigenvalue weighted by atomic mass is 32.2. The molecule has 0 spiro atoms. The summed E-state index contributed by atoms with van der Waals surface area (Å²) in [5.41, 5.74) is 5.30. The molecule has 0 atom stereocenters. The van der Waals surface area contributed by atoms with E-state index in [4.69, 9.17) is 10.9 Å². The minimum atomic E-state index is 0.326. The van der Waals surface area contributed by atoms with Gasteiger partial charge in [0.25, 0.3) is 0 Å². The normalized spacial score (nSPS) is 12.4. The van der Waals surface area contributed by atoms with E-state index in [9.17, 15) is 0 Å². The van der Waals surface area contributed by atoms with Crippen molar-refractivity contribution in [2.24, 2.45) is 16.8 Å². The highest BCUT2D eigenvalue weighted by molar-refractivity contribution is 7.99. The first kappa shape index (κ1) is 11.6. The van der Waals surface area contributed by atoms with Gasteiger partial charge in [0.2, 0.25) is 0 Å². The van der Waals surface area contributed by atoms with Gasteiger partial charge in [0.05, 0.1) is 0 Å². The Hall–Kier alpha value is -0.380. The summed E-state index contributed by atoms with van der Waals surface area (Å²) >= 11 is 1.85. The Morgan fingerprint density at radius 3 is 2.67 bits per heavy atom. The van der Waals surface area contributed by atoms with Crippen molar-refractivity contribution in [1.29, 1.82) is 0 Å². The molecule has 0 radical (unpaired) electrons. The largest absolute Gasteiger partial charge is 0.409 e. The fourth-order valence-corrected chi connectivity index (χ4v) is 1.84. The van der Waals surface area contributed by atoms with Crippen molar-refractivity contribution in [3.8, 4) is 0 Å². The number of rotatable bonds is 6. The number of hydrogen-bond donors (Lipinski definition) is 2. The number of nitrogens with two attached hydrogens (primary N) is 1. The van der Waals surface area contributed by atoms with Gasteiger partial charge >= 0.3 is 0 Å². The molecule has 0 amide bonds. The second-order valence-electron chi connectivity index (χ2n) is 3.14. The van der Waals surface area contributed by atoms with E-state index in [2.05, 4.69) is 19.0 Å². The average Bonchev–Trinajstić information content (AvgIpc) is 2.03. The maximum Gasteiger partial charge on any atom is 0.139 e. The molecule has 0 heterocycles. The molecule has 0 aromatic heterocycles. The fourth-order valence-electron chi connectivity index (χ4n) is 0.648. The highest BCUT2D eigenvalue weighted by Crippen LogP contribution is 2.09. The van der Waals surface area contributed by atoms with Crippen LogP contribution in [0.2, 0.25) is 0 Å². The number of amidine groups is 1. The van der Waals surface area contributed by atoms with Crippen LogP contribution in [0.5, 0.6) is 0 Å². The quantitative estimate of drug-likeness (QED) is 0.221. The molecule has 0 aliphatic carbocycles. The molecule has 0 unspecified atom stereocenters. The summed E-state index contributed by atoms with van der Waals surface area (Å²) in [6, 6.07) is 0. The molecule has 0 aromatic rings. The molecule has 3 nitrogen and oxygen atoms in total. The van der Waals surface area contributed by atoms with Crippen molar-refractivity contribution in [3.63, 3.8) is 0 Å². The van der Waals surface area contributed by atoms with Crippen LogP contribution >= 0.6 is 11.8 Å². The number of thioether (sulfide) groups is 1. The lowest BCUT2D eigenvalue weighted by molar-refractivity contribution is 0.317. The molecule has 0 rings (SSSR count). The molecule has 3 N–H and O–H groups in total. The van der Waals surface area contributed by atoms with Crippen molar-refractivity contribution in [2.75, 3.05) is 11.5 Å². The van der Waals surface area contributed by atoms with Gasteiger partial charge in [-0.15, -0.1) is 0 Å². The Morgan fingerprint density at radius 1 is 1.50 bits per heavy atom. The predicted molar refractivity (Wildman–Crippen MR) is 54.8 cm³/mol. The van der Waals surface area contributed by atoms with E-state index in [-0.39, 0.29) is 0 Å². The molecule has 12 heavy (non-hydrogen) atoms. The molecular formula is C8H18N2OS. The standard InChI is InChI=1S/C8H18N2OS/c1-7(2)3-5-12-6-4-8(9)10-11/h7,11H,3-6H2,1-2H3,(H2,9,10). The minimum Gasteiger partial charge on any atom is -0.409 e. The van der Waals surface area contributed by atoms with E-state index >= 15 is 0 Å². The zero-order valence-corrected chi connectivity index (χ0v) is 8.60. The van der Waals surface area contributed by atoms with Crippen molar-refractivity contribution >= 4 is 17.6 Å². The van der Waals surface area contributed by atoms with Crippen molar-refractivity contribution in [2.45, 2.75) is 26.7 Å². The van der Waals surface area contributed by atoms with Gasteiger partial charge in [-0.2, -0.15) is 11.8 Å². The third-order valence-corrected chi connectivity index (χ3v) is 2.49. The van der Waals surface area contributed by atoms with Gasteiger partial charge in [0.1, 0.15) is 5.84 Å². The Bertz CT molecular complexity index is 137. The maximum absolute atomic E-state index is 8.23. The van der Waals surface area contributed by atoms with Gasteiger partial charge in [-0.1, -0.05) is 19.0 Å². The van der Waals surface area contributed by atoms with Crippen LogP contribution in [0, 0.1) is 5.92 Å². The van der Waals surface area contributed by atoms with Crippen LogP contribution in [-0.4, -0.2) is 22.5 Å². The van der Waals surface area contributed by atoms with Crippen LogP contribution in [0.25, 0.3) is 0 Å². The lowest BCUT2D eigenvalue weighted by Crippen LogP contribution is -2.12. The predicted octanol–water partition coefficient (Wildman–Crippen LogP) is 1.90. The first-order valence-corrected chi connectivity index (χ1v) is 5.36. The molecule has 0 saturated carbocycles. The van der Waals surface area contributed by atoms with Crippen LogP contribution in [0.4, 0.5) is 0 Å². The van der Waals surface area contributed by atoms with Gasteiger partial charge < -0.3 is 10.9 Å². The molecule has 0 aliphatic heterocycles. The minimum absolute atomic E-state index is 0.326. The first-order valence-electron chi connectivity index (χ1n) is 4.21. The number of oxime groups is 1. The zero-order valence-electron chi connectivity index (χ0n) is 7.79. The second-order valence-corrected chi connectivity index (χ2v) is 4.36. The van der Waals surface area contributed by atoms with E-state index in [0.29, 0.717) is 12.3 Å². The molecule has 0 aliphatic rings. The van der Waals surface area contributed by atoms with E-state index in [1.807, 2.05) is 11.8 Å². The van der Waals surface area contributed by atoms with E-state index in [1.54, 1.807) is 0 Å². The fraction of sp³-hybridized carbons (Fsp3) is 0.875. The summed E-state index contributed by atoms with van der Waals surface area (Å²) < 4.78 is 0. The summed E-state index contributed by atoms with van der Waals surface area (Å²) in [6.07, 6.45) is 1.92. The van der Waals surface area contributed by atoms with Crippen LogP contribution in [-0.2, 0) is 0 Å². The Kier molecular flexibility index (Phi) is 7.05. The van der Waals surface area contributed by atoms with Crippen molar-refractivity contribution in [1.82, 2.24) is 0 Å². The molecule has 72 valence electrons. The number of nitrogens with zero attached hydrogens (tertiary/aromatic N) is 1. The van der Waals surface area contributed by atoms with Gasteiger partial charge in [-0.3, -0.25) is 0 Å². The monoisotopic (exact) mass is 190 g/mol. The Morgan fingerprint density at radius 2 is 2.17 bits per heavy atom. The molecule has 4 heteroatoms. The van der Waals surface area contributed by atoms with E-state index < -0.39 is 0 Å². The molecule has 0 bridgehead atoms. The molecule has 0 aromatic carbocycles. The van der Waals surface area contributed by atoms with Crippen molar-refractivity contribution in [3.05, 3.63) is 0 Å². The van der Waals surface area contributed by atoms with Crippen LogP contribution in [0.1, 0.15) is 26.7 Å². The summed E-state index contributed by atoms with van der Waals surface area (Å²) in [5, 5.41) is 11.1. The van der Waals surface area contributed by atoms with Gasteiger partial charge in [0.15, 0.2) is 0 Å². The lowest BCUT2D eigenvalue weighted by atomic mass is 10.2. The summed E-state index contributed by atoms with van der Waals surface area (Å²) in [6.45, 7) is 4.42. The summed E-state index contributed by atoms with van der Waals surface area (Å²) in [7, 11) is 0. The van der Waals surface area contributed by atoms with Gasteiger partial charge in [0, 0.05) is 12.2 Å². The topological polar surface area (TPSA) is 58.6 Å². The first-order chi connectivity index (χ1) is 5.66. The lowest BCUT2D eigenvalue weighted by Gasteiger charge is -2.03. The highest BCUT2D eigenvalue weighted by Gasteiger charge is 1.96. The summed E-state index contributed by atoms with van der Waals surface area (Å²) in [5.74, 6) is 3.20. The van der Waals surface area contributed by atoms with Crippen LogP contribution in [0.15, 0.2) is 5.16 Å². The summed E-state index contributed by atoms with van der Waals surface area (Å²) in [4.78, 5) is 0. The SMILES string of the molecule is CC(C)CCSCCC(N)=NO. The average molecular weight is 190 g/mol. The maximum atomic E-state index is 8.23. The Balaban J connectivity index is 3.11.